The lowest BCUT2D eigenvalue weighted by molar-refractivity contribution is 0.0996. The average Bonchev–Trinajstić information content (AvgIpc) is 3.10. The van der Waals surface area contributed by atoms with E-state index in [4.69, 9.17) is 5.73 Å². The largest absolute Gasteiger partial charge is 0.364 e. The topological polar surface area (TPSA) is 73.8 Å². The van der Waals surface area contributed by atoms with Crippen LogP contribution in [0.25, 0.3) is 22.0 Å². The van der Waals surface area contributed by atoms with Gasteiger partial charge in [0, 0.05) is 24.2 Å². The molecule has 2 heterocycles. The summed E-state index contributed by atoms with van der Waals surface area (Å²) < 4.78 is 15.2. The fourth-order valence-corrected chi connectivity index (χ4v) is 3.36. The quantitative estimate of drug-likeness (QED) is 0.591. The van der Waals surface area contributed by atoms with Gasteiger partial charge in [-0.25, -0.2) is 9.37 Å². The van der Waals surface area contributed by atoms with E-state index in [0.29, 0.717) is 17.5 Å². The maximum absolute atomic E-state index is 13.5. The molecule has 6 heteroatoms. The van der Waals surface area contributed by atoms with Gasteiger partial charge in [0.1, 0.15) is 11.5 Å². The molecule has 140 valence electrons. The summed E-state index contributed by atoms with van der Waals surface area (Å²) in [5.41, 5.74) is 10.8. The Labute approximate surface area is 161 Å². The highest BCUT2D eigenvalue weighted by Gasteiger charge is 2.13. The van der Waals surface area contributed by atoms with Crippen LogP contribution in [-0.4, -0.2) is 20.7 Å². The van der Waals surface area contributed by atoms with Crippen molar-refractivity contribution < 1.29 is 9.18 Å². The molecule has 28 heavy (non-hydrogen) atoms. The van der Waals surface area contributed by atoms with Gasteiger partial charge in [0.25, 0.3) is 5.91 Å². The van der Waals surface area contributed by atoms with E-state index in [0.717, 1.165) is 27.6 Å². The maximum Gasteiger partial charge on any atom is 0.267 e. The summed E-state index contributed by atoms with van der Waals surface area (Å²) in [6.45, 7) is 1.75. The number of rotatable bonds is 4. The molecule has 0 aliphatic heterocycles. The number of fused-ring (bicyclic) bond motifs is 1. The summed E-state index contributed by atoms with van der Waals surface area (Å²) in [6, 6.07) is 12.8. The number of pyridine rings is 1. The predicted octanol–water partition coefficient (Wildman–Crippen LogP) is 3.77. The van der Waals surface area contributed by atoms with E-state index in [1.165, 1.54) is 6.07 Å². The molecular weight excluding hydrogens is 355 g/mol. The zero-order valence-corrected chi connectivity index (χ0v) is 15.6. The van der Waals surface area contributed by atoms with Crippen LogP contribution in [0.2, 0.25) is 0 Å². The SMILES string of the molecule is Cc1cc(Cc2ccc3c(-c4cnn(C)c4)cc(C(N)=O)nc3c2)ccc1F. The van der Waals surface area contributed by atoms with E-state index in [2.05, 4.69) is 10.1 Å². The molecular formula is C22H19FN4O. The maximum atomic E-state index is 13.5. The highest BCUT2D eigenvalue weighted by molar-refractivity contribution is 6.00. The molecule has 0 bridgehead atoms. The zero-order valence-electron chi connectivity index (χ0n) is 15.6. The lowest BCUT2D eigenvalue weighted by Gasteiger charge is -2.10. The van der Waals surface area contributed by atoms with Gasteiger partial charge in [0.15, 0.2) is 0 Å². The van der Waals surface area contributed by atoms with E-state index < -0.39 is 5.91 Å². The first-order valence-electron chi connectivity index (χ1n) is 8.88. The lowest BCUT2D eigenvalue weighted by atomic mass is 9.98. The lowest BCUT2D eigenvalue weighted by Crippen LogP contribution is -2.13. The molecule has 2 N–H and O–H groups in total. The molecule has 4 aromatic rings. The van der Waals surface area contributed by atoms with Crippen molar-refractivity contribution in [2.24, 2.45) is 12.8 Å². The van der Waals surface area contributed by atoms with Crippen LogP contribution < -0.4 is 5.73 Å². The van der Waals surface area contributed by atoms with Gasteiger partial charge in [-0.1, -0.05) is 24.3 Å². The molecule has 0 radical (unpaired) electrons. The van der Waals surface area contributed by atoms with E-state index >= 15 is 0 Å². The Bertz CT molecular complexity index is 1210. The number of hydrogen-bond acceptors (Lipinski definition) is 3. The summed E-state index contributed by atoms with van der Waals surface area (Å²) in [5.74, 6) is -0.789. The van der Waals surface area contributed by atoms with Gasteiger partial charge in [-0.2, -0.15) is 5.10 Å². The van der Waals surface area contributed by atoms with Gasteiger partial charge in [0.05, 0.1) is 11.7 Å². The normalized spacial score (nSPS) is 11.1. The first-order valence-corrected chi connectivity index (χ1v) is 8.88. The second-order valence-electron chi connectivity index (χ2n) is 6.93. The van der Waals surface area contributed by atoms with Crippen LogP contribution in [0, 0.1) is 12.7 Å². The number of halogens is 1. The van der Waals surface area contributed by atoms with Crippen LogP contribution in [0.4, 0.5) is 4.39 Å². The number of hydrogen-bond donors (Lipinski definition) is 1. The Morgan fingerprint density at radius 1 is 1.14 bits per heavy atom. The number of benzene rings is 2. The summed E-state index contributed by atoms with van der Waals surface area (Å²) in [5, 5.41) is 5.13. The molecule has 0 unspecified atom stereocenters. The number of carbonyl (C=O) groups is 1. The molecule has 0 spiro atoms. The van der Waals surface area contributed by atoms with Gasteiger partial charge in [-0.3, -0.25) is 9.48 Å². The third kappa shape index (κ3) is 3.36. The zero-order chi connectivity index (χ0) is 19.8. The first kappa shape index (κ1) is 17.9. The monoisotopic (exact) mass is 374 g/mol. The first-order chi connectivity index (χ1) is 13.4. The van der Waals surface area contributed by atoms with Crippen molar-refractivity contribution in [1.82, 2.24) is 14.8 Å². The van der Waals surface area contributed by atoms with Gasteiger partial charge in [-0.15, -0.1) is 0 Å². The summed E-state index contributed by atoms with van der Waals surface area (Å²) >= 11 is 0. The molecule has 2 aromatic heterocycles. The standard InChI is InChI=1S/C22H19FN4O/c1-13-7-14(4-6-19(13)23)8-15-3-5-17-18(16-11-25-27(2)12-16)10-21(22(24)28)26-20(17)9-15/h3-7,9-12H,8H2,1-2H3,(H2,24,28). The summed E-state index contributed by atoms with van der Waals surface area (Å²) in [7, 11) is 1.84. The smallest absolute Gasteiger partial charge is 0.267 e. The van der Waals surface area contributed by atoms with Crippen molar-refractivity contribution in [3.05, 3.63) is 83.1 Å². The fraction of sp³-hybridized carbons (Fsp3) is 0.136. The third-order valence-corrected chi connectivity index (χ3v) is 4.77. The minimum absolute atomic E-state index is 0.209. The molecule has 4 rings (SSSR count). The number of carbonyl (C=O) groups excluding carboxylic acids is 1. The second kappa shape index (κ2) is 6.88. The van der Waals surface area contributed by atoms with E-state index in [1.54, 1.807) is 29.9 Å². The van der Waals surface area contributed by atoms with Gasteiger partial charge >= 0.3 is 0 Å². The molecule has 0 atom stereocenters. The van der Waals surface area contributed by atoms with Crippen molar-refractivity contribution in [3.63, 3.8) is 0 Å². The van der Waals surface area contributed by atoms with Gasteiger partial charge in [0.2, 0.25) is 0 Å². The van der Waals surface area contributed by atoms with Gasteiger partial charge < -0.3 is 5.73 Å². The fourth-order valence-electron chi connectivity index (χ4n) is 3.36. The van der Waals surface area contributed by atoms with Crippen molar-refractivity contribution in [1.29, 1.82) is 0 Å². The molecule has 0 saturated heterocycles. The van der Waals surface area contributed by atoms with E-state index in [-0.39, 0.29) is 11.5 Å². The summed E-state index contributed by atoms with van der Waals surface area (Å²) in [6.07, 6.45) is 4.27. The Kier molecular flexibility index (Phi) is 4.39. The Morgan fingerprint density at radius 3 is 2.57 bits per heavy atom. The highest BCUT2D eigenvalue weighted by atomic mass is 19.1. The number of nitrogens with zero attached hydrogens (tertiary/aromatic N) is 3. The van der Waals surface area contributed by atoms with Crippen molar-refractivity contribution >= 4 is 16.8 Å². The Balaban J connectivity index is 1.82. The minimum Gasteiger partial charge on any atom is -0.364 e. The molecule has 2 aromatic carbocycles. The van der Waals surface area contributed by atoms with Crippen LogP contribution in [-0.2, 0) is 13.5 Å². The Hall–Kier alpha value is -3.54. The number of aromatic nitrogens is 3. The number of primary amides is 1. The molecule has 0 fully saturated rings. The number of nitrogens with two attached hydrogens (primary N) is 1. The van der Waals surface area contributed by atoms with Crippen molar-refractivity contribution in [3.8, 4) is 11.1 Å². The molecule has 0 aliphatic carbocycles. The molecule has 1 amide bonds. The van der Waals surface area contributed by atoms with Crippen molar-refractivity contribution in [2.75, 3.05) is 0 Å². The molecule has 0 aliphatic rings. The minimum atomic E-state index is -0.577. The number of aryl methyl sites for hydroxylation is 2. The van der Waals surface area contributed by atoms with Crippen LogP contribution in [0.15, 0.2) is 54.9 Å². The highest BCUT2D eigenvalue weighted by Crippen LogP contribution is 2.29. The van der Waals surface area contributed by atoms with Crippen LogP contribution in [0.1, 0.15) is 27.2 Å². The average molecular weight is 374 g/mol. The summed E-state index contributed by atoms with van der Waals surface area (Å²) in [4.78, 5) is 16.2. The van der Waals surface area contributed by atoms with Crippen LogP contribution in [0.5, 0.6) is 0 Å². The van der Waals surface area contributed by atoms with Crippen LogP contribution >= 0.6 is 0 Å². The van der Waals surface area contributed by atoms with Crippen LogP contribution in [0.3, 0.4) is 0 Å². The van der Waals surface area contributed by atoms with E-state index in [9.17, 15) is 9.18 Å². The van der Waals surface area contributed by atoms with Gasteiger partial charge in [-0.05, 0) is 53.8 Å². The predicted molar refractivity (Wildman–Crippen MR) is 106 cm³/mol. The third-order valence-electron chi connectivity index (χ3n) is 4.77. The molecule has 0 saturated carbocycles. The molecule has 5 nitrogen and oxygen atoms in total. The Morgan fingerprint density at radius 2 is 1.89 bits per heavy atom. The van der Waals surface area contributed by atoms with Crippen molar-refractivity contribution in [2.45, 2.75) is 13.3 Å². The van der Waals surface area contributed by atoms with E-state index in [1.807, 2.05) is 37.5 Å². The number of amides is 1. The second-order valence-corrected chi connectivity index (χ2v) is 6.93.